The lowest BCUT2D eigenvalue weighted by atomic mass is 9.81. The van der Waals surface area contributed by atoms with Crippen molar-refractivity contribution in [2.75, 3.05) is 26.3 Å². The second-order valence-electron chi connectivity index (χ2n) is 6.80. The Labute approximate surface area is 139 Å². The quantitative estimate of drug-likeness (QED) is 0.747. The average molecular weight is 351 g/mol. The van der Waals surface area contributed by atoms with Crippen LogP contribution >= 0.6 is 0 Å². The van der Waals surface area contributed by atoms with Gasteiger partial charge in [-0.1, -0.05) is 12.8 Å². The second-order valence-corrected chi connectivity index (χ2v) is 6.80. The van der Waals surface area contributed by atoms with E-state index in [2.05, 4.69) is 0 Å². The first kappa shape index (κ1) is 19.0. The number of rotatable bonds is 6. The first-order chi connectivity index (χ1) is 11.2. The van der Waals surface area contributed by atoms with E-state index in [1.165, 1.54) is 0 Å². The molecule has 0 spiro atoms. The summed E-state index contributed by atoms with van der Waals surface area (Å²) in [5.41, 5.74) is -3.54. The molecule has 24 heavy (non-hydrogen) atoms. The molecule has 1 amide bonds. The van der Waals surface area contributed by atoms with Gasteiger partial charge in [-0.2, -0.15) is 13.2 Å². The van der Waals surface area contributed by atoms with Gasteiger partial charge in [-0.05, 0) is 32.6 Å². The Morgan fingerprint density at radius 2 is 1.83 bits per heavy atom. The van der Waals surface area contributed by atoms with Crippen LogP contribution in [0.4, 0.5) is 13.2 Å². The van der Waals surface area contributed by atoms with Crippen molar-refractivity contribution in [2.45, 2.75) is 51.6 Å². The number of carboxylic acid groups (broad SMARTS) is 1. The largest absolute Gasteiger partial charge is 0.481 e. The standard InChI is InChI=1S/C16H24F3NO4/c1-2-24-10-8-14(5-3-4-6-14)12(21)20-9-7-15(11-20,13(22)23)16(17,18)19/h2-11H2,1H3,(H,22,23). The molecule has 8 heteroatoms. The summed E-state index contributed by atoms with van der Waals surface area (Å²) in [7, 11) is 0. The maximum Gasteiger partial charge on any atom is 0.406 e. The van der Waals surface area contributed by atoms with E-state index in [0.29, 0.717) is 32.5 Å². The molecule has 1 saturated carbocycles. The molecule has 0 aromatic heterocycles. The summed E-state index contributed by atoms with van der Waals surface area (Å²) in [4.78, 5) is 25.3. The molecule has 2 fully saturated rings. The van der Waals surface area contributed by atoms with Crippen molar-refractivity contribution in [3.05, 3.63) is 0 Å². The van der Waals surface area contributed by atoms with Gasteiger partial charge in [-0.25, -0.2) is 0 Å². The highest BCUT2D eigenvalue weighted by molar-refractivity contribution is 5.85. The average Bonchev–Trinajstić information content (AvgIpc) is 3.14. The summed E-state index contributed by atoms with van der Waals surface area (Å²) in [5, 5.41) is 9.12. The van der Waals surface area contributed by atoms with Gasteiger partial charge in [-0.15, -0.1) is 0 Å². The zero-order valence-electron chi connectivity index (χ0n) is 13.8. The van der Waals surface area contributed by atoms with Crippen molar-refractivity contribution in [2.24, 2.45) is 10.8 Å². The van der Waals surface area contributed by atoms with E-state index in [4.69, 9.17) is 9.84 Å². The van der Waals surface area contributed by atoms with Crippen LogP contribution < -0.4 is 0 Å². The Bertz CT molecular complexity index is 488. The molecule has 2 aliphatic rings. The van der Waals surface area contributed by atoms with Crippen molar-refractivity contribution in [3.63, 3.8) is 0 Å². The number of alkyl halides is 3. The highest BCUT2D eigenvalue weighted by Crippen LogP contribution is 2.49. The maximum absolute atomic E-state index is 13.3. The maximum atomic E-state index is 13.3. The zero-order valence-corrected chi connectivity index (χ0v) is 13.8. The third-order valence-electron chi connectivity index (χ3n) is 5.45. The van der Waals surface area contributed by atoms with Crippen LogP contribution in [-0.4, -0.2) is 54.4 Å². The Morgan fingerprint density at radius 1 is 1.21 bits per heavy atom. The fourth-order valence-electron chi connectivity index (χ4n) is 3.88. The second kappa shape index (κ2) is 6.90. The van der Waals surface area contributed by atoms with Crippen molar-refractivity contribution in [1.29, 1.82) is 0 Å². The van der Waals surface area contributed by atoms with Crippen LogP contribution in [0.25, 0.3) is 0 Å². The number of ether oxygens (including phenoxy) is 1. The minimum Gasteiger partial charge on any atom is -0.481 e. The van der Waals surface area contributed by atoms with Gasteiger partial charge >= 0.3 is 12.1 Å². The molecular formula is C16H24F3NO4. The zero-order chi connectivity index (χ0) is 18.0. The van der Waals surface area contributed by atoms with Gasteiger partial charge in [0.25, 0.3) is 0 Å². The highest BCUT2D eigenvalue weighted by atomic mass is 19.4. The number of carbonyl (C=O) groups is 2. The number of hydrogen-bond acceptors (Lipinski definition) is 3. The number of likely N-dealkylation sites (tertiary alicyclic amines) is 1. The van der Waals surface area contributed by atoms with Crippen molar-refractivity contribution < 1.29 is 32.6 Å². The van der Waals surface area contributed by atoms with E-state index in [9.17, 15) is 22.8 Å². The van der Waals surface area contributed by atoms with Gasteiger partial charge < -0.3 is 14.7 Å². The number of carbonyl (C=O) groups excluding carboxylic acids is 1. The first-order valence-corrected chi connectivity index (χ1v) is 8.36. The first-order valence-electron chi connectivity index (χ1n) is 8.36. The predicted octanol–water partition coefficient (Wildman–Crippen LogP) is 2.84. The van der Waals surface area contributed by atoms with Crippen LogP contribution in [0.2, 0.25) is 0 Å². The van der Waals surface area contributed by atoms with E-state index in [1.807, 2.05) is 6.92 Å². The third-order valence-corrected chi connectivity index (χ3v) is 5.45. The van der Waals surface area contributed by atoms with Crippen LogP contribution in [-0.2, 0) is 14.3 Å². The molecule has 1 aliphatic carbocycles. The summed E-state index contributed by atoms with van der Waals surface area (Å²) in [6.45, 7) is 1.79. The summed E-state index contributed by atoms with van der Waals surface area (Å²) < 4.78 is 45.2. The number of carboxylic acids is 1. The third kappa shape index (κ3) is 3.25. The Hall–Kier alpha value is -1.31. The number of nitrogens with zero attached hydrogens (tertiary/aromatic N) is 1. The van der Waals surface area contributed by atoms with Gasteiger partial charge in [-0.3, -0.25) is 9.59 Å². The molecule has 1 aliphatic heterocycles. The van der Waals surface area contributed by atoms with E-state index >= 15 is 0 Å². The highest BCUT2D eigenvalue weighted by Gasteiger charge is 2.65. The molecule has 0 aromatic rings. The van der Waals surface area contributed by atoms with Crippen LogP contribution in [0, 0.1) is 10.8 Å². The molecule has 0 aromatic carbocycles. The Morgan fingerprint density at radius 3 is 2.29 bits per heavy atom. The summed E-state index contributed by atoms with van der Waals surface area (Å²) in [6, 6.07) is 0. The molecule has 1 saturated heterocycles. The minimum absolute atomic E-state index is 0.166. The molecule has 5 nitrogen and oxygen atoms in total. The van der Waals surface area contributed by atoms with Crippen molar-refractivity contribution >= 4 is 11.9 Å². The summed E-state index contributed by atoms with van der Waals surface area (Å²) in [6.07, 6.45) is -2.02. The smallest absolute Gasteiger partial charge is 0.406 e. The fourth-order valence-corrected chi connectivity index (χ4v) is 3.88. The van der Waals surface area contributed by atoms with E-state index in [1.54, 1.807) is 0 Å². The lowest BCUT2D eigenvalue weighted by molar-refractivity contribution is -0.227. The number of amides is 1. The molecule has 0 radical (unpaired) electrons. The molecule has 1 N–H and O–H groups in total. The van der Waals surface area contributed by atoms with Crippen LogP contribution in [0.3, 0.4) is 0 Å². The normalized spacial score (nSPS) is 26.8. The van der Waals surface area contributed by atoms with Crippen LogP contribution in [0.5, 0.6) is 0 Å². The van der Waals surface area contributed by atoms with Crippen molar-refractivity contribution in [3.8, 4) is 0 Å². The molecule has 1 unspecified atom stereocenters. The summed E-state index contributed by atoms with van der Waals surface area (Å²) in [5.74, 6) is -2.24. The van der Waals surface area contributed by atoms with Crippen LogP contribution in [0.1, 0.15) is 45.4 Å². The number of halogens is 3. The lowest BCUT2D eigenvalue weighted by Gasteiger charge is -2.33. The SMILES string of the molecule is CCOCCC1(C(=O)N2CCC(C(=O)O)(C(F)(F)F)C2)CCCC1. The van der Waals surface area contributed by atoms with Gasteiger partial charge in [0.05, 0.1) is 5.41 Å². The molecular weight excluding hydrogens is 327 g/mol. The van der Waals surface area contributed by atoms with Gasteiger partial charge in [0.1, 0.15) is 0 Å². The minimum atomic E-state index is -4.87. The van der Waals surface area contributed by atoms with E-state index < -0.39 is 35.9 Å². The molecule has 1 heterocycles. The Balaban J connectivity index is 2.16. The van der Waals surface area contributed by atoms with Gasteiger partial charge in [0, 0.05) is 26.3 Å². The van der Waals surface area contributed by atoms with Crippen LogP contribution in [0.15, 0.2) is 0 Å². The number of hydrogen-bond donors (Lipinski definition) is 1. The van der Waals surface area contributed by atoms with E-state index in [-0.39, 0.29) is 12.5 Å². The van der Waals surface area contributed by atoms with Gasteiger partial charge in [0.15, 0.2) is 5.41 Å². The number of aliphatic carboxylic acids is 1. The van der Waals surface area contributed by atoms with Gasteiger partial charge in [0.2, 0.25) is 5.91 Å². The monoisotopic (exact) mass is 351 g/mol. The Kier molecular flexibility index (Phi) is 5.47. The topological polar surface area (TPSA) is 66.8 Å². The lowest BCUT2D eigenvalue weighted by Crippen LogP contribution is -2.49. The molecule has 1 atom stereocenters. The van der Waals surface area contributed by atoms with E-state index in [0.717, 1.165) is 17.7 Å². The van der Waals surface area contributed by atoms with Crippen molar-refractivity contribution in [1.82, 2.24) is 4.90 Å². The molecule has 2 rings (SSSR count). The molecule has 138 valence electrons. The molecule has 0 bridgehead atoms. The summed E-state index contributed by atoms with van der Waals surface area (Å²) >= 11 is 0. The predicted molar refractivity (Wildman–Crippen MR) is 79.3 cm³/mol. The fraction of sp³-hybridized carbons (Fsp3) is 0.875.